The lowest BCUT2D eigenvalue weighted by atomic mass is 9.64. The molecule has 0 aliphatic heterocycles. The van der Waals surface area contributed by atoms with Gasteiger partial charge in [0.05, 0.1) is 19.1 Å². The first kappa shape index (κ1) is 12.0. The van der Waals surface area contributed by atoms with Crippen molar-refractivity contribution in [1.29, 1.82) is 0 Å². The van der Waals surface area contributed by atoms with Gasteiger partial charge in [0.15, 0.2) is 0 Å². The fraction of sp³-hybridized carbons (Fsp3) is 0.500. The fourth-order valence-corrected chi connectivity index (χ4v) is 2.33. The molecule has 1 aromatic carbocycles. The van der Waals surface area contributed by atoms with E-state index >= 15 is 0 Å². The van der Waals surface area contributed by atoms with Crippen LogP contribution in [0.2, 0.25) is 0 Å². The maximum absolute atomic E-state index is 12.1. The van der Waals surface area contributed by atoms with Crippen LogP contribution >= 0.6 is 0 Å². The lowest BCUT2D eigenvalue weighted by Crippen LogP contribution is -2.43. The van der Waals surface area contributed by atoms with Crippen molar-refractivity contribution in [1.82, 2.24) is 0 Å². The van der Waals surface area contributed by atoms with Crippen LogP contribution in [0.3, 0.4) is 0 Å². The van der Waals surface area contributed by atoms with E-state index in [1.807, 2.05) is 31.2 Å². The largest absolute Gasteiger partial charge is 0.497 e. The predicted molar refractivity (Wildman–Crippen MR) is 65.2 cm³/mol. The molecule has 1 aliphatic rings. The van der Waals surface area contributed by atoms with Crippen LogP contribution in [0.15, 0.2) is 24.3 Å². The van der Waals surface area contributed by atoms with Gasteiger partial charge in [-0.2, -0.15) is 0 Å². The number of methoxy groups -OCH3 is 1. The first-order valence-corrected chi connectivity index (χ1v) is 6.04. The third-order valence-corrected chi connectivity index (χ3v) is 3.50. The molecule has 2 rings (SSSR count). The van der Waals surface area contributed by atoms with Gasteiger partial charge >= 0.3 is 5.97 Å². The van der Waals surface area contributed by atoms with Crippen molar-refractivity contribution in [2.45, 2.75) is 31.6 Å². The highest BCUT2D eigenvalue weighted by atomic mass is 16.5. The molecular formula is C14H18O3. The summed E-state index contributed by atoms with van der Waals surface area (Å²) in [6.07, 6.45) is 2.83. The van der Waals surface area contributed by atoms with E-state index < -0.39 is 5.41 Å². The van der Waals surface area contributed by atoms with Gasteiger partial charge in [-0.15, -0.1) is 0 Å². The first-order valence-electron chi connectivity index (χ1n) is 6.04. The van der Waals surface area contributed by atoms with Crippen LogP contribution in [0.25, 0.3) is 0 Å². The Morgan fingerprint density at radius 1 is 1.41 bits per heavy atom. The summed E-state index contributed by atoms with van der Waals surface area (Å²) in [5, 5.41) is 0. The average Bonchev–Trinajstić information content (AvgIpc) is 2.28. The molecule has 3 nitrogen and oxygen atoms in total. The highest BCUT2D eigenvalue weighted by Crippen LogP contribution is 2.45. The summed E-state index contributed by atoms with van der Waals surface area (Å²) in [5.74, 6) is 0.692. The van der Waals surface area contributed by atoms with Crippen LogP contribution in [-0.4, -0.2) is 19.7 Å². The second-order valence-electron chi connectivity index (χ2n) is 4.39. The Bertz CT molecular complexity index is 408. The molecule has 17 heavy (non-hydrogen) atoms. The summed E-state index contributed by atoms with van der Waals surface area (Å²) in [5.41, 5.74) is 0.589. The molecule has 0 radical (unpaired) electrons. The molecule has 1 aromatic rings. The van der Waals surface area contributed by atoms with Gasteiger partial charge < -0.3 is 9.47 Å². The normalized spacial score (nSPS) is 17.1. The van der Waals surface area contributed by atoms with E-state index in [9.17, 15) is 4.79 Å². The van der Waals surface area contributed by atoms with Crippen molar-refractivity contribution < 1.29 is 14.3 Å². The summed E-state index contributed by atoms with van der Waals surface area (Å²) in [6.45, 7) is 2.28. The summed E-state index contributed by atoms with van der Waals surface area (Å²) >= 11 is 0. The van der Waals surface area contributed by atoms with Crippen molar-refractivity contribution >= 4 is 5.97 Å². The zero-order valence-electron chi connectivity index (χ0n) is 10.4. The van der Waals surface area contributed by atoms with Gasteiger partial charge in [-0.05, 0) is 37.5 Å². The zero-order chi connectivity index (χ0) is 12.3. The molecule has 0 N–H and O–H groups in total. The van der Waals surface area contributed by atoms with E-state index in [0.29, 0.717) is 6.61 Å². The van der Waals surface area contributed by atoms with Gasteiger partial charge in [-0.25, -0.2) is 0 Å². The molecule has 1 fully saturated rings. The van der Waals surface area contributed by atoms with E-state index in [-0.39, 0.29) is 5.97 Å². The van der Waals surface area contributed by atoms with Gasteiger partial charge in [0.25, 0.3) is 0 Å². The summed E-state index contributed by atoms with van der Waals surface area (Å²) in [4.78, 5) is 12.1. The van der Waals surface area contributed by atoms with Gasteiger partial charge in [0.1, 0.15) is 5.75 Å². The number of ether oxygens (including phenoxy) is 2. The van der Waals surface area contributed by atoms with Crippen LogP contribution in [-0.2, 0) is 14.9 Å². The smallest absolute Gasteiger partial charge is 0.316 e. The Labute approximate surface area is 102 Å². The standard InChI is InChI=1S/C14H18O3/c1-3-17-13(15)14(8-5-9-14)11-6-4-7-12(10-11)16-2/h4,6-7,10H,3,5,8-9H2,1-2H3. The van der Waals surface area contributed by atoms with E-state index in [2.05, 4.69) is 0 Å². The molecule has 0 heterocycles. The van der Waals surface area contributed by atoms with Gasteiger partial charge in [-0.1, -0.05) is 18.6 Å². The minimum atomic E-state index is -0.426. The summed E-state index contributed by atoms with van der Waals surface area (Å²) in [7, 11) is 1.64. The third kappa shape index (κ3) is 2.02. The van der Waals surface area contributed by atoms with E-state index in [0.717, 1.165) is 30.6 Å². The Kier molecular flexibility index (Phi) is 3.36. The Morgan fingerprint density at radius 3 is 2.71 bits per heavy atom. The van der Waals surface area contributed by atoms with Gasteiger partial charge in [-0.3, -0.25) is 4.79 Å². The molecule has 0 amide bonds. The second kappa shape index (κ2) is 4.78. The highest BCUT2D eigenvalue weighted by Gasteiger charge is 2.47. The van der Waals surface area contributed by atoms with Crippen molar-refractivity contribution in [2.75, 3.05) is 13.7 Å². The second-order valence-corrected chi connectivity index (χ2v) is 4.39. The van der Waals surface area contributed by atoms with Crippen LogP contribution < -0.4 is 4.74 Å². The number of carbonyl (C=O) groups is 1. The maximum atomic E-state index is 12.1. The van der Waals surface area contributed by atoms with Crippen LogP contribution in [0.4, 0.5) is 0 Å². The summed E-state index contributed by atoms with van der Waals surface area (Å²) < 4.78 is 10.4. The molecule has 92 valence electrons. The predicted octanol–water partition coefficient (Wildman–Crippen LogP) is 2.68. The van der Waals surface area contributed by atoms with Crippen LogP contribution in [0.1, 0.15) is 31.7 Å². The van der Waals surface area contributed by atoms with E-state index in [1.54, 1.807) is 7.11 Å². The molecule has 0 saturated heterocycles. The topological polar surface area (TPSA) is 35.5 Å². The number of carbonyl (C=O) groups excluding carboxylic acids is 1. The van der Waals surface area contributed by atoms with Crippen LogP contribution in [0.5, 0.6) is 5.75 Å². The van der Waals surface area contributed by atoms with E-state index in [1.165, 1.54) is 0 Å². The molecule has 0 aromatic heterocycles. The van der Waals surface area contributed by atoms with Crippen molar-refractivity contribution in [3.8, 4) is 5.75 Å². The number of esters is 1. The minimum absolute atomic E-state index is 0.0977. The van der Waals surface area contributed by atoms with Gasteiger partial charge in [0, 0.05) is 0 Å². The van der Waals surface area contributed by atoms with Crippen molar-refractivity contribution in [2.24, 2.45) is 0 Å². The monoisotopic (exact) mass is 234 g/mol. The number of benzene rings is 1. The lowest BCUT2D eigenvalue weighted by Gasteiger charge is -2.39. The molecule has 1 aliphatic carbocycles. The van der Waals surface area contributed by atoms with Crippen LogP contribution in [0, 0.1) is 0 Å². The minimum Gasteiger partial charge on any atom is -0.497 e. The Hall–Kier alpha value is -1.51. The third-order valence-electron chi connectivity index (χ3n) is 3.50. The zero-order valence-corrected chi connectivity index (χ0v) is 10.4. The summed E-state index contributed by atoms with van der Waals surface area (Å²) in [6, 6.07) is 7.74. The number of rotatable bonds is 4. The molecule has 3 heteroatoms. The molecule has 0 unspecified atom stereocenters. The molecule has 0 atom stereocenters. The first-order chi connectivity index (χ1) is 8.23. The molecule has 1 saturated carbocycles. The van der Waals surface area contributed by atoms with Crippen molar-refractivity contribution in [3.05, 3.63) is 29.8 Å². The fourth-order valence-electron chi connectivity index (χ4n) is 2.33. The highest BCUT2D eigenvalue weighted by molar-refractivity contribution is 5.84. The van der Waals surface area contributed by atoms with Gasteiger partial charge in [0.2, 0.25) is 0 Å². The Morgan fingerprint density at radius 2 is 2.18 bits per heavy atom. The lowest BCUT2D eigenvalue weighted by molar-refractivity contribution is -0.153. The molecule has 0 bridgehead atoms. The van der Waals surface area contributed by atoms with E-state index in [4.69, 9.17) is 9.47 Å². The Balaban J connectivity index is 2.30. The average molecular weight is 234 g/mol. The molecule has 0 spiro atoms. The quantitative estimate of drug-likeness (QED) is 0.751. The van der Waals surface area contributed by atoms with Crippen molar-refractivity contribution in [3.63, 3.8) is 0 Å². The number of hydrogen-bond acceptors (Lipinski definition) is 3. The maximum Gasteiger partial charge on any atom is 0.316 e. The number of hydrogen-bond donors (Lipinski definition) is 0. The molecular weight excluding hydrogens is 216 g/mol. The SMILES string of the molecule is CCOC(=O)C1(c2cccc(OC)c2)CCC1.